The number of hydrogen-bond acceptors (Lipinski definition) is 4. The van der Waals surface area contributed by atoms with Gasteiger partial charge in [-0.1, -0.05) is 30.3 Å². The predicted molar refractivity (Wildman–Crippen MR) is 90.0 cm³/mol. The third kappa shape index (κ3) is 3.43. The van der Waals surface area contributed by atoms with Gasteiger partial charge in [0.15, 0.2) is 0 Å². The molecule has 0 saturated carbocycles. The maximum atomic E-state index is 9.25. The smallest absolute Gasteiger partial charge is 0.125 e. The van der Waals surface area contributed by atoms with E-state index in [9.17, 15) is 5.11 Å². The highest BCUT2D eigenvalue weighted by molar-refractivity contribution is 5.63. The molecule has 3 rings (SSSR count). The van der Waals surface area contributed by atoms with E-state index >= 15 is 0 Å². The molecule has 2 heterocycles. The Morgan fingerprint density at radius 2 is 1.96 bits per heavy atom. The van der Waals surface area contributed by atoms with Crippen molar-refractivity contribution in [3.8, 4) is 11.3 Å². The monoisotopic (exact) mass is 311 g/mol. The molecule has 0 bridgehead atoms. The Kier molecular flexibility index (Phi) is 4.43. The van der Waals surface area contributed by atoms with Gasteiger partial charge in [0.25, 0.3) is 0 Å². The highest BCUT2D eigenvalue weighted by Gasteiger charge is 2.10. The van der Waals surface area contributed by atoms with Crippen molar-refractivity contribution in [2.45, 2.75) is 20.0 Å². The highest BCUT2D eigenvalue weighted by Crippen LogP contribution is 2.22. The largest absolute Gasteiger partial charge is 0.394 e. The van der Waals surface area contributed by atoms with Crippen molar-refractivity contribution in [2.75, 3.05) is 11.9 Å². The maximum Gasteiger partial charge on any atom is 0.125 e. The summed E-state index contributed by atoms with van der Waals surface area (Å²) in [6.45, 7) is 3.18. The summed E-state index contributed by atoms with van der Waals surface area (Å²) in [5.74, 6) is 0.890. The highest BCUT2D eigenvalue weighted by atomic mass is 16.3. The van der Waals surface area contributed by atoms with Crippen LogP contribution in [0, 0.1) is 6.92 Å². The molecule has 120 valence electrons. The van der Waals surface area contributed by atoms with E-state index < -0.39 is 0 Å². The number of nitrogens with one attached hydrogen (secondary N) is 1. The van der Waals surface area contributed by atoms with Gasteiger partial charge in [0.1, 0.15) is 5.82 Å². The molecule has 0 spiro atoms. The normalized spacial score (nSPS) is 10.9. The topological polar surface area (TPSA) is 67.9 Å². The molecule has 0 atom stereocenters. The van der Waals surface area contributed by atoms with Crippen molar-refractivity contribution >= 4 is 5.82 Å². The summed E-state index contributed by atoms with van der Waals surface area (Å²) in [6.07, 6.45) is 2.01. The summed E-state index contributed by atoms with van der Waals surface area (Å²) in [7, 11) is 1.92. The van der Waals surface area contributed by atoms with Crippen LogP contribution >= 0.6 is 0 Å². The average Bonchev–Trinajstić information content (AvgIpc) is 3.09. The van der Waals surface area contributed by atoms with Crippen molar-refractivity contribution in [1.82, 2.24) is 19.6 Å². The van der Waals surface area contributed by atoms with Gasteiger partial charge in [0, 0.05) is 37.0 Å². The minimum absolute atomic E-state index is 0.0521. The molecular weight excluding hydrogens is 290 g/mol. The molecule has 0 saturated heterocycles. The molecule has 6 heteroatoms. The van der Waals surface area contributed by atoms with Crippen LogP contribution in [0.5, 0.6) is 0 Å². The van der Waals surface area contributed by atoms with Gasteiger partial charge in [-0.2, -0.15) is 10.2 Å². The molecule has 2 N–H and O–H groups in total. The lowest BCUT2D eigenvalue weighted by Crippen LogP contribution is -2.10. The van der Waals surface area contributed by atoms with E-state index in [0.29, 0.717) is 13.1 Å². The Bertz CT molecular complexity index is 776. The SMILES string of the molecule is Cc1nn(C)cc1CNc1cc(-c2ccccc2)nn1CCO. The van der Waals surface area contributed by atoms with Crippen molar-refractivity contribution in [2.24, 2.45) is 7.05 Å². The quantitative estimate of drug-likeness (QED) is 0.732. The molecule has 0 amide bonds. The van der Waals surface area contributed by atoms with Crippen molar-refractivity contribution in [1.29, 1.82) is 0 Å². The Morgan fingerprint density at radius 3 is 2.61 bits per heavy atom. The number of aliphatic hydroxyl groups excluding tert-OH is 1. The Morgan fingerprint density at radius 1 is 1.17 bits per heavy atom. The standard InChI is InChI=1S/C17H21N5O/c1-13-15(12-21(2)19-13)11-18-17-10-16(20-22(17)8-9-23)14-6-4-3-5-7-14/h3-7,10,12,18,23H,8-9,11H2,1-2H3. The van der Waals surface area contributed by atoms with Crippen LogP contribution in [0.2, 0.25) is 0 Å². The van der Waals surface area contributed by atoms with Crippen molar-refractivity contribution in [3.05, 3.63) is 53.9 Å². The summed E-state index contributed by atoms with van der Waals surface area (Å²) in [5, 5.41) is 21.6. The average molecular weight is 311 g/mol. The van der Waals surface area contributed by atoms with Crippen LogP contribution in [0.1, 0.15) is 11.3 Å². The minimum Gasteiger partial charge on any atom is -0.394 e. The van der Waals surface area contributed by atoms with E-state index in [4.69, 9.17) is 0 Å². The molecule has 6 nitrogen and oxygen atoms in total. The van der Waals surface area contributed by atoms with Crippen molar-refractivity contribution < 1.29 is 5.11 Å². The van der Waals surface area contributed by atoms with Crippen LogP contribution in [0.15, 0.2) is 42.6 Å². The summed E-state index contributed by atoms with van der Waals surface area (Å²) >= 11 is 0. The molecule has 0 aliphatic carbocycles. The number of aromatic nitrogens is 4. The van der Waals surface area contributed by atoms with Crippen LogP contribution in [0.25, 0.3) is 11.3 Å². The van der Waals surface area contributed by atoms with Crippen LogP contribution in [0.4, 0.5) is 5.82 Å². The lowest BCUT2D eigenvalue weighted by molar-refractivity contribution is 0.270. The number of aliphatic hydroxyl groups is 1. The number of aryl methyl sites for hydroxylation is 2. The van der Waals surface area contributed by atoms with Gasteiger partial charge >= 0.3 is 0 Å². The molecule has 23 heavy (non-hydrogen) atoms. The Balaban J connectivity index is 1.82. The lowest BCUT2D eigenvalue weighted by atomic mass is 10.1. The predicted octanol–water partition coefficient (Wildman–Crippen LogP) is 2.20. The fourth-order valence-corrected chi connectivity index (χ4v) is 2.58. The molecule has 0 unspecified atom stereocenters. The van der Waals surface area contributed by atoms with Crippen molar-refractivity contribution in [3.63, 3.8) is 0 Å². The molecule has 0 aliphatic rings. The first-order valence-electron chi connectivity index (χ1n) is 7.64. The number of rotatable bonds is 6. The maximum absolute atomic E-state index is 9.25. The van der Waals surface area contributed by atoms with Gasteiger partial charge in [-0.3, -0.25) is 4.68 Å². The zero-order valence-corrected chi connectivity index (χ0v) is 13.4. The number of hydrogen-bond donors (Lipinski definition) is 2. The summed E-state index contributed by atoms with van der Waals surface area (Å²) in [6, 6.07) is 12.0. The number of nitrogens with zero attached hydrogens (tertiary/aromatic N) is 4. The van der Waals surface area contributed by atoms with E-state index in [1.54, 1.807) is 4.68 Å². The van der Waals surface area contributed by atoms with Gasteiger partial charge < -0.3 is 10.4 Å². The Hall–Kier alpha value is -2.60. The molecular formula is C17H21N5O. The minimum atomic E-state index is 0.0521. The van der Waals surface area contributed by atoms with Crippen LogP contribution in [-0.4, -0.2) is 31.3 Å². The Labute approximate surface area is 135 Å². The third-order valence-corrected chi connectivity index (χ3v) is 3.74. The summed E-state index contributed by atoms with van der Waals surface area (Å²) in [5.41, 5.74) is 4.11. The van der Waals surface area contributed by atoms with Crippen LogP contribution in [0.3, 0.4) is 0 Å². The summed E-state index contributed by atoms with van der Waals surface area (Å²) < 4.78 is 3.61. The lowest BCUT2D eigenvalue weighted by Gasteiger charge is -2.07. The second-order valence-corrected chi connectivity index (χ2v) is 5.49. The number of anilines is 1. The van der Waals surface area contributed by atoms with Gasteiger partial charge in [-0.15, -0.1) is 0 Å². The molecule has 1 aromatic carbocycles. The molecule has 3 aromatic rings. The van der Waals surface area contributed by atoms with Gasteiger partial charge in [0.2, 0.25) is 0 Å². The molecule has 0 aliphatic heterocycles. The zero-order chi connectivity index (χ0) is 16.2. The second-order valence-electron chi connectivity index (χ2n) is 5.49. The van der Waals surface area contributed by atoms with E-state index in [2.05, 4.69) is 15.5 Å². The van der Waals surface area contributed by atoms with E-state index in [-0.39, 0.29) is 6.61 Å². The van der Waals surface area contributed by atoms with E-state index in [1.165, 1.54) is 0 Å². The first-order valence-corrected chi connectivity index (χ1v) is 7.64. The first-order chi connectivity index (χ1) is 11.2. The van der Waals surface area contributed by atoms with E-state index in [0.717, 1.165) is 28.3 Å². The fraction of sp³-hybridized carbons (Fsp3) is 0.294. The van der Waals surface area contributed by atoms with Gasteiger partial charge in [-0.05, 0) is 6.92 Å². The van der Waals surface area contributed by atoms with Gasteiger partial charge in [0.05, 0.1) is 24.5 Å². The third-order valence-electron chi connectivity index (χ3n) is 3.74. The van der Waals surface area contributed by atoms with Gasteiger partial charge in [-0.25, -0.2) is 4.68 Å². The molecule has 0 radical (unpaired) electrons. The molecule has 0 fully saturated rings. The summed E-state index contributed by atoms with van der Waals surface area (Å²) in [4.78, 5) is 0. The van der Waals surface area contributed by atoms with Crippen LogP contribution in [-0.2, 0) is 20.1 Å². The fourth-order valence-electron chi connectivity index (χ4n) is 2.58. The number of benzene rings is 1. The van der Waals surface area contributed by atoms with Crippen LogP contribution < -0.4 is 5.32 Å². The second kappa shape index (κ2) is 6.66. The zero-order valence-electron chi connectivity index (χ0n) is 13.4. The molecule has 2 aromatic heterocycles. The van der Waals surface area contributed by atoms with E-state index in [1.807, 2.05) is 61.2 Å². The first kappa shape index (κ1) is 15.3.